The van der Waals surface area contributed by atoms with Gasteiger partial charge < -0.3 is 20.3 Å². The third-order valence-electron chi connectivity index (χ3n) is 6.65. The first-order valence-electron chi connectivity index (χ1n) is 10.6. The Balaban J connectivity index is 1.24. The lowest BCUT2D eigenvalue weighted by molar-refractivity contribution is -0.128. The average molecular weight is 424 g/mol. The van der Waals surface area contributed by atoms with E-state index in [1.807, 2.05) is 12.3 Å². The molecule has 1 amide bonds. The van der Waals surface area contributed by atoms with Gasteiger partial charge in [0.25, 0.3) is 0 Å². The van der Waals surface area contributed by atoms with Crippen molar-refractivity contribution in [3.63, 3.8) is 0 Å². The quantitative estimate of drug-likeness (QED) is 0.580. The number of aryl methyl sites for hydroxylation is 1. The molecule has 1 aliphatic heterocycles. The number of piperidine rings is 1. The van der Waals surface area contributed by atoms with Crippen molar-refractivity contribution in [3.8, 4) is 0 Å². The molecule has 1 saturated carbocycles. The summed E-state index contributed by atoms with van der Waals surface area (Å²) in [5.41, 5.74) is 1.54. The first-order valence-corrected chi connectivity index (χ1v) is 10.6. The number of carbonyl (C=O) groups is 1. The van der Waals surface area contributed by atoms with Crippen LogP contribution in [0.15, 0.2) is 30.9 Å². The highest BCUT2D eigenvalue weighted by atomic mass is 19.1. The number of carbonyl (C=O) groups excluding carboxylic acids is 1. The van der Waals surface area contributed by atoms with Crippen LogP contribution in [-0.4, -0.2) is 50.6 Å². The SMILES string of the molecule is Cc1cc([C@@H](O)CNC(=O)[C@H]2CCN(c3ncnc4[nH]ccc34)CC23CC3)ncc1F. The summed E-state index contributed by atoms with van der Waals surface area (Å²) < 4.78 is 13.4. The van der Waals surface area contributed by atoms with Gasteiger partial charge >= 0.3 is 0 Å². The van der Waals surface area contributed by atoms with Gasteiger partial charge in [-0.1, -0.05) is 0 Å². The molecule has 0 radical (unpaired) electrons. The van der Waals surface area contributed by atoms with Crippen LogP contribution in [0, 0.1) is 24.1 Å². The Kier molecular flexibility index (Phi) is 4.85. The van der Waals surface area contributed by atoms with Crippen molar-refractivity contribution < 1.29 is 14.3 Å². The van der Waals surface area contributed by atoms with Crippen LogP contribution in [0.4, 0.5) is 10.2 Å². The second kappa shape index (κ2) is 7.56. The summed E-state index contributed by atoms with van der Waals surface area (Å²) in [5.74, 6) is 0.361. The maximum atomic E-state index is 13.4. The normalized spacial score (nSPS) is 20.7. The van der Waals surface area contributed by atoms with Crippen molar-refractivity contribution in [3.05, 3.63) is 47.9 Å². The molecule has 1 aliphatic carbocycles. The van der Waals surface area contributed by atoms with Crippen LogP contribution in [0.5, 0.6) is 0 Å². The molecule has 4 heterocycles. The molecule has 31 heavy (non-hydrogen) atoms. The van der Waals surface area contributed by atoms with Crippen molar-refractivity contribution in [1.82, 2.24) is 25.3 Å². The van der Waals surface area contributed by atoms with E-state index in [0.717, 1.165) is 55.4 Å². The van der Waals surface area contributed by atoms with Crippen LogP contribution in [0.1, 0.15) is 36.6 Å². The predicted octanol–water partition coefficient (Wildman–Crippen LogP) is 2.26. The maximum absolute atomic E-state index is 13.4. The smallest absolute Gasteiger partial charge is 0.223 e. The predicted molar refractivity (Wildman–Crippen MR) is 113 cm³/mol. The zero-order valence-corrected chi connectivity index (χ0v) is 17.3. The molecule has 8 nitrogen and oxygen atoms in total. The fourth-order valence-corrected chi connectivity index (χ4v) is 4.70. The Hall–Kier alpha value is -3.07. The Morgan fingerprint density at radius 3 is 3.03 bits per heavy atom. The van der Waals surface area contributed by atoms with Crippen LogP contribution in [0.2, 0.25) is 0 Å². The minimum Gasteiger partial charge on any atom is -0.385 e. The minimum atomic E-state index is -0.971. The Labute approximate surface area is 178 Å². The number of anilines is 1. The third kappa shape index (κ3) is 3.63. The number of nitrogens with zero attached hydrogens (tertiary/aromatic N) is 4. The molecule has 162 valence electrons. The number of fused-ring (bicyclic) bond motifs is 1. The molecule has 2 atom stereocenters. The molecule has 0 bridgehead atoms. The third-order valence-corrected chi connectivity index (χ3v) is 6.65. The van der Waals surface area contributed by atoms with Crippen LogP contribution >= 0.6 is 0 Å². The Morgan fingerprint density at radius 2 is 2.26 bits per heavy atom. The fraction of sp³-hybridized carbons (Fsp3) is 0.455. The number of hydrogen-bond donors (Lipinski definition) is 3. The number of aliphatic hydroxyl groups is 1. The van der Waals surface area contributed by atoms with Crippen molar-refractivity contribution in [2.75, 3.05) is 24.5 Å². The summed E-state index contributed by atoms with van der Waals surface area (Å²) in [6.07, 6.45) is 6.29. The average Bonchev–Trinajstić information content (AvgIpc) is 3.34. The molecule has 3 N–H and O–H groups in total. The van der Waals surface area contributed by atoms with Crippen molar-refractivity contribution in [2.45, 2.75) is 32.3 Å². The van der Waals surface area contributed by atoms with Gasteiger partial charge in [-0.3, -0.25) is 9.78 Å². The van der Waals surface area contributed by atoms with Gasteiger partial charge in [-0.15, -0.1) is 0 Å². The highest BCUT2D eigenvalue weighted by Gasteiger charge is 2.55. The monoisotopic (exact) mass is 424 g/mol. The molecule has 2 aliphatic rings. The number of rotatable bonds is 5. The van der Waals surface area contributed by atoms with Gasteiger partial charge in [0, 0.05) is 31.7 Å². The highest BCUT2D eigenvalue weighted by Crippen LogP contribution is 2.56. The Bertz CT molecular complexity index is 1130. The molecule has 2 fully saturated rings. The highest BCUT2D eigenvalue weighted by molar-refractivity contribution is 5.87. The molecular formula is C22H25FN6O2. The summed E-state index contributed by atoms with van der Waals surface area (Å²) >= 11 is 0. The molecule has 9 heteroatoms. The molecule has 3 aromatic heterocycles. The van der Waals surface area contributed by atoms with E-state index in [-0.39, 0.29) is 23.8 Å². The lowest BCUT2D eigenvalue weighted by atomic mass is 9.81. The second-order valence-electron chi connectivity index (χ2n) is 8.68. The van der Waals surface area contributed by atoms with Crippen LogP contribution in [0.3, 0.4) is 0 Å². The van der Waals surface area contributed by atoms with Gasteiger partial charge in [0.05, 0.1) is 17.3 Å². The largest absolute Gasteiger partial charge is 0.385 e. The van der Waals surface area contributed by atoms with E-state index in [9.17, 15) is 14.3 Å². The van der Waals surface area contributed by atoms with Crippen molar-refractivity contribution >= 4 is 22.8 Å². The summed E-state index contributed by atoms with van der Waals surface area (Å²) in [5, 5.41) is 14.3. The summed E-state index contributed by atoms with van der Waals surface area (Å²) in [7, 11) is 0. The van der Waals surface area contributed by atoms with Crippen LogP contribution in [0.25, 0.3) is 11.0 Å². The maximum Gasteiger partial charge on any atom is 0.223 e. The number of H-pyrrole nitrogens is 1. The molecule has 3 aromatic rings. The summed E-state index contributed by atoms with van der Waals surface area (Å²) in [6, 6.07) is 3.49. The number of aromatic amines is 1. The number of halogens is 1. The van der Waals surface area contributed by atoms with E-state index in [4.69, 9.17) is 0 Å². The fourth-order valence-electron chi connectivity index (χ4n) is 4.70. The lowest BCUT2D eigenvalue weighted by Gasteiger charge is -2.39. The van der Waals surface area contributed by atoms with E-state index in [2.05, 4.69) is 30.2 Å². The Morgan fingerprint density at radius 1 is 1.42 bits per heavy atom. The summed E-state index contributed by atoms with van der Waals surface area (Å²) in [6.45, 7) is 3.19. The number of pyridine rings is 1. The molecule has 0 unspecified atom stereocenters. The van der Waals surface area contributed by atoms with Gasteiger partial charge in [0.2, 0.25) is 5.91 Å². The number of hydrogen-bond acceptors (Lipinski definition) is 6. The zero-order valence-electron chi connectivity index (χ0n) is 17.3. The van der Waals surface area contributed by atoms with Crippen LogP contribution in [-0.2, 0) is 4.79 Å². The van der Waals surface area contributed by atoms with Gasteiger partial charge in [0.1, 0.15) is 29.7 Å². The molecule has 5 rings (SSSR count). The minimum absolute atomic E-state index is 0.0375. The standard InChI is InChI=1S/C22H25FN6O2/c1-13-8-17(25-9-16(13)23)18(30)10-26-21(31)15-3-7-29(11-22(15)4-5-22)20-14-2-6-24-19(14)27-12-28-20/h2,6,8-9,12,15,18,30H,3-5,7,10-11H2,1H3,(H,26,31)(H,24,27,28)/t15-,18+/m1/s1. The van der Waals surface area contributed by atoms with Gasteiger partial charge in [-0.2, -0.15) is 0 Å². The van der Waals surface area contributed by atoms with Gasteiger partial charge in [0.15, 0.2) is 0 Å². The number of nitrogens with one attached hydrogen (secondary N) is 2. The molecular weight excluding hydrogens is 399 g/mol. The van der Waals surface area contributed by atoms with E-state index >= 15 is 0 Å². The van der Waals surface area contributed by atoms with E-state index in [1.54, 1.807) is 13.3 Å². The van der Waals surface area contributed by atoms with Gasteiger partial charge in [-0.25, -0.2) is 14.4 Å². The van der Waals surface area contributed by atoms with E-state index < -0.39 is 11.9 Å². The van der Waals surface area contributed by atoms with E-state index in [1.165, 1.54) is 6.07 Å². The molecule has 0 aromatic carbocycles. The van der Waals surface area contributed by atoms with Crippen molar-refractivity contribution in [1.29, 1.82) is 0 Å². The lowest BCUT2D eigenvalue weighted by Crippen LogP contribution is -2.48. The van der Waals surface area contributed by atoms with Gasteiger partial charge in [-0.05, 0) is 49.3 Å². The first kappa shape index (κ1) is 19.9. The molecule has 1 saturated heterocycles. The first-order chi connectivity index (χ1) is 15.0. The topological polar surface area (TPSA) is 107 Å². The zero-order chi connectivity index (χ0) is 21.6. The van der Waals surface area contributed by atoms with E-state index in [0.29, 0.717) is 11.3 Å². The second-order valence-corrected chi connectivity index (χ2v) is 8.68. The number of amides is 1. The van der Waals surface area contributed by atoms with Crippen LogP contribution < -0.4 is 10.2 Å². The van der Waals surface area contributed by atoms with Crippen molar-refractivity contribution in [2.24, 2.45) is 11.3 Å². The number of aromatic nitrogens is 4. The number of aliphatic hydroxyl groups excluding tert-OH is 1. The molecule has 1 spiro atoms. The summed E-state index contributed by atoms with van der Waals surface area (Å²) in [4.78, 5) is 31.0.